The highest BCUT2D eigenvalue weighted by Crippen LogP contribution is 2.37. The number of piperidine rings is 1. The number of anilines is 1. The molecule has 0 saturated carbocycles. The van der Waals surface area contributed by atoms with E-state index >= 15 is 0 Å². The summed E-state index contributed by atoms with van der Waals surface area (Å²) in [5.41, 5.74) is 2.20. The molecule has 0 aliphatic carbocycles. The summed E-state index contributed by atoms with van der Waals surface area (Å²) in [7, 11) is 2.22. The molecule has 2 rings (SSSR count). The maximum absolute atomic E-state index is 4.07. The van der Waals surface area contributed by atoms with Gasteiger partial charge in [-0.05, 0) is 47.6 Å². The zero-order chi connectivity index (χ0) is 12.7. The molecular formula is C12H22N4S. The molecule has 5 heteroatoms. The van der Waals surface area contributed by atoms with Crippen molar-refractivity contribution in [2.45, 2.75) is 57.7 Å². The molecule has 1 aromatic rings. The standard InChI is InChI=1S/C12H22N4S/c1-11(2)6-9(7-12(3,4)16(11)5)14-10-15-13-8-17-10/h8-9H,6-7H2,1-5H3,(H,14,15). The highest BCUT2D eigenvalue weighted by molar-refractivity contribution is 7.13. The third kappa shape index (κ3) is 2.60. The summed E-state index contributed by atoms with van der Waals surface area (Å²) in [4.78, 5) is 2.48. The molecule has 1 fully saturated rings. The molecular weight excluding hydrogens is 232 g/mol. The van der Waals surface area contributed by atoms with Crippen molar-refractivity contribution in [2.75, 3.05) is 12.4 Å². The third-order valence-electron chi connectivity index (χ3n) is 4.00. The van der Waals surface area contributed by atoms with Crippen LogP contribution in [0.25, 0.3) is 0 Å². The van der Waals surface area contributed by atoms with Crippen LogP contribution in [0.3, 0.4) is 0 Å². The van der Waals surface area contributed by atoms with Crippen molar-refractivity contribution in [2.24, 2.45) is 0 Å². The lowest BCUT2D eigenvalue weighted by Gasteiger charge is -2.53. The van der Waals surface area contributed by atoms with Gasteiger partial charge >= 0.3 is 0 Å². The summed E-state index contributed by atoms with van der Waals surface area (Å²) < 4.78 is 0. The quantitative estimate of drug-likeness (QED) is 0.881. The second kappa shape index (κ2) is 4.21. The largest absolute Gasteiger partial charge is 0.357 e. The number of likely N-dealkylation sites (tertiary alicyclic amines) is 1. The van der Waals surface area contributed by atoms with Crippen molar-refractivity contribution in [3.8, 4) is 0 Å². The third-order valence-corrected chi connectivity index (χ3v) is 4.62. The molecule has 1 aliphatic rings. The Morgan fingerprint density at radius 2 is 1.88 bits per heavy atom. The van der Waals surface area contributed by atoms with Crippen LogP contribution in [0.2, 0.25) is 0 Å². The molecule has 1 N–H and O–H groups in total. The van der Waals surface area contributed by atoms with Crippen LogP contribution in [-0.2, 0) is 0 Å². The number of nitrogens with zero attached hydrogens (tertiary/aromatic N) is 3. The van der Waals surface area contributed by atoms with Crippen LogP contribution in [0.5, 0.6) is 0 Å². The number of hydrogen-bond donors (Lipinski definition) is 1. The van der Waals surface area contributed by atoms with Gasteiger partial charge in [-0.2, -0.15) is 0 Å². The summed E-state index contributed by atoms with van der Waals surface area (Å²) >= 11 is 1.57. The van der Waals surface area contributed by atoms with E-state index in [1.54, 1.807) is 16.8 Å². The van der Waals surface area contributed by atoms with Gasteiger partial charge in [-0.3, -0.25) is 4.90 Å². The lowest BCUT2D eigenvalue weighted by atomic mass is 9.77. The molecule has 17 heavy (non-hydrogen) atoms. The predicted molar refractivity (Wildman–Crippen MR) is 72.5 cm³/mol. The van der Waals surface area contributed by atoms with Gasteiger partial charge in [0.05, 0.1) is 0 Å². The van der Waals surface area contributed by atoms with Crippen molar-refractivity contribution in [1.29, 1.82) is 0 Å². The second-order valence-corrected chi connectivity index (χ2v) is 7.01. The summed E-state index contributed by atoms with van der Waals surface area (Å²) in [5.74, 6) is 0. The number of hydrogen-bond acceptors (Lipinski definition) is 5. The maximum Gasteiger partial charge on any atom is 0.205 e. The number of nitrogens with one attached hydrogen (secondary N) is 1. The molecule has 0 amide bonds. The van der Waals surface area contributed by atoms with Crippen LogP contribution in [0.15, 0.2) is 5.51 Å². The monoisotopic (exact) mass is 254 g/mol. The van der Waals surface area contributed by atoms with Crippen molar-refractivity contribution in [3.05, 3.63) is 5.51 Å². The van der Waals surface area contributed by atoms with Crippen LogP contribution < -0.4 is 5.32 Å². The first-order valence-corrected chi connectivity index (χ1v) is 6.96. The Balaban J connectivity index is 2.11. The fourth-order valence-electron chi connectivity index (χ4n) is 2.88. The summed E-state index contributed by atoms with van der Waals surface area (Å²) in [6.07, 6.45) is 2.26. The van der Waals surface area contributed by atoms with Crippen molar-refractivity contribution >= 4 is 16.5 Å². The number of aromatic nitrogens is 2. The minimum Gasteiger partial charge on any atom is -0.357 e. The Morgan fingerprint density at radius 3 is 2.35 bits per heavy atom. The van der Waals surface area contributed by atoms with Crippen molar-refractivity contribution < 1.29 is 0 Å². The van der Waals surface area contributed by atoms with Gasteiger partial charge in [0.1, 0.15) is 5.51 Å². The molecule has 0 radical (unpaired) electrons. The van der Waals surface area contributed by atoms with Crippen LogP contribution in [0.1, 0.15) is 40.5 Å². The first-order valence-electron chi connectivity index (χ1n) is 6.08. The normalized spacial score (nSPS) is 24.8. The highest BCUT2D eigenvalue weighted by atomic mass is 32.1. The summed E-state index contributed by atoms with van der Waals surface area (Å²) in [5, 5.41) is 12.4. The fraction of sp³-hybridized carbons (Fsp3) is 0.833. The average molecular weight is 254 g/mol. The van der Waals surface area contributed by atoms with Crippen LogP contribution >= 0.6 is 11.3 Å². The fourth-order valence-corrected chi connectivity index (χ4v) is 3.41. The van der Waals surface area contributed by atoms with Gasteiger partial charge < -0.3 is 5.32 Å². The van der Waals surface area contributed by atoms with E-state index in [4.69, 9.17) is 0 Å². The molecule has 0 atom stereocenters. The molecule has 0 aromatic carbocycles. The lowest BCUT2D eigenvalue weighted by Crippen LogP contribution is -2.61. The Labute approximate surface area is 107 Å². The molecule has 0 unspecified atom stereocenters. The van der Waals surface area contributed by atoms with Gasteiger partial charge in [-0.25, -0.2) is 0 Å². The predicted octanol–water partition coefficient (Wildman–Crippen LogP) is 2.60. The van der Waals surface area contributed by atoms with Crippen LogP contribution in [0.4, 0.5) is 5.13 Å². The van der Waals surface area contributed by atoms with Gasteiger partial charge in [-0.1, -0.05) is 11.3 Å². The molecule has 0 spiro atoms. The molecule has 1 saturated heterocycles. The Morgan fingerprint density at radius 1 is 1.29 bits per heavy atom. The van der Waals surface area contributed by atoms with Gasteiger partial charge in [0.15, 0.2) is 0 Å². The molecule has 0 bridgehead atoms. The van der Waals surface area contributed by atoms with E-state index in [-0.39, 0.29) is 11.1 Å². The van der Waals surface area contributed by atoms with E-state index in [0.717, 1.165) is 18.0 Å². The van der Waals surface area contributed by atoms with Gasteiger partial charge in [0.25, 0.3) is 0 Å². The molecule has 4 nitrogen and oxygen atoms in total. The average Bonchev–Trinajstić information content (AvgIpc) is 2.65. The lowest BCUT2D eigenvalue weighted by molar-refractivity contribution is -0.00768. The highest BCUT2D eigenvalue weighted by Gasteiger charge is 2.43. The van der Waals surface area contributed by atoms with Crippen LogP contribution in [-0.4, -0.2) is 39.3 Å². The Bertz CT molecular complexity index is 354. The number of rotatable bonds is 2. The van der Waals surface area contributed by atoms with E-state index in [1.807, 2.05) is 0 Å². The van der Waals surface area contributed by atoms with E-state index in [9.17, 15) is 0 Å². The molecule has 1 aliphatic heterocycles. The molecule has 96 valence electrons. The molecule has 1 aromatic heterocycles. The van der Waals surface area contributed by atoms with E-state index in [2.05, 4.69) is 55.2 Å². The Hall–Kier alpha value is -0.680. The summed E-state index contributed by atoms with van der Waals surface area (Å²) in [6.45, 7) is 9.23. The van der Waals surface area contributed by atoms with E-state index in [0.29, 0.717) is 6.04 Å². The van der Waals surface area contributed by atoms with E-state index < -0.39 is 0 Å². The molecule has 2 heterocycles. The SMILES string of the molecule is CN1C(C)(C)CC(Nc2nncs2)CC1(C)C. The van der Waals surface area contributed by atoms with Crippen molar-refractivity contribution in [3.63, 3.8) is 0 Å². The smallest absolute Gasteiger partial charge is 0.205 e. The first kappa shape index (κ1) is 12.8. The van der Waals surface area contributed by atoms with Gasteiger partial charge in [0, 0.05) is 17.1 Å². The zero-order valence-corrected chi connectivity index (χ0v) is 12.1. The first-order chi connectivity index (χ1) is 7.81. The minimum absolute atomic E-state index is 0.212. The minimum atomic E-state index is 0.212. The zero-order valence-electron chi connectivity index (χ0n) is 11.3. The second-order valence-electron chi connectivity index (χ2n) is 6.18. The maximum atomic E-state index is 4.07. The Kier molecular flexibility index (Phi) is 3.16. The van der Waals surface area contributed by atoms with Crippen molar-refractivity contribution in [1.82, 2.24) is 15.1 Å². The van der Waals surface area contributed by atoms with Gasteiger partial charge in [-0.15, -0.1) is 10.2 Å². The topological polar surface area (TPSA) is 41.0 Å². The van der Waals surface area contributed by atoms with Gasteiger partial charge in [0.2, 0.25) is 5.13 Å². The summed E-state index contributed by atoms with van der Waals surface area (Å²) in [6, 6.07) is 0.476. The van der Waals surface area contributed by atoms with E-state index in [1.165, 1.54) is 0 Å². The van der Waals surface area contributed by atoms with Crippen LogP contribution in [0, 0.1) is 0 Å².